The van der Waals surface area contributed by atoms with E-state index in [1.165, 1.54) is 0 Å². The van der Waals surface area contributed by atoms with E-state index in [1.807, 2.05) is 0 Å². The van der Waals surface area contributed by atoms with Crippen molar-refractivity contribution in [3.05, 3.63) is 0 Å². The molecule has 0 heterocycles. The minimum atomic E-state index is -8.16. The van der Waals surface area contributed by atoms with Crippen LogP contribution in [0.2, 0.25) is 0 Å². The van der Waals surface area contributed by atoms with E-state index in [2.05, 4.69) is 0 Å². The fourth-order valence-corrected chi connectivity index (χ4v) is 1.72. The summed E-state index contributed by atoms with van der Waals surface area (Å²) in [5.74, 6) is -39.1. The molecule has 0 bridgehead atoms. The van der Waals surface area contributed by atoms with Gasteiger partial charge in [-0.3, -0.25) is 0 Å². The van der Waals surface area contributed by atoms with Gasteiger partial charge in [-0.1, -0.05) is 0 Å². The molecule has 0 N–H and O–H groups in total. The Hall–Kier alpha value is -1.03. The highest BCUT2D eigenvalue weighted by Gasteiger charge is 2.91. The first-order valence-corrected chi connectivity index (χ1v) is 6.74. The van der Waals surface area contributed by atoms with Crippen LogP contribution in [0.4, 0.5) is 61.0 Å². The zero-order valence-corrected chi connectivity index (χ0v) is 11.9. The van der Waals surface area contributed by atoms with Gasteiger partial charge < -0.3 is 0 Å². The smallest absolute Gasteiger partial charge is 0.198 e. The summed E-state index contributed by atoms with van der Waals surface area (Å²) in [6.45, 7) is -0.723. The van der Waals surface area contributed by atoms with Gasteiger partial charge in [0.2, 0.25) is 0 Å². The Labute approximate surface area is 129 Å². The van der Waals surface area contributed by atoms with Crippen LogP contribution in [-0.4, -0.2) is 49.5 Å². The summed E-state index contributed by atoms with van der Waals surface area (Å²) >= 11 is 0. The van der Waals surface area contributed by atoms with Crippen molar-refractivity contribution in [2.75, 3.05) is 0 Å². The molecule has 0 spiro atoms. The van der Waals surface area contributed by atoms with Crippen LogP contribution in [0.15, 0.2) is 0 Å². The van der Waals surface area contributed by atoms with E-state index in [1.54, 1.807) is 0 Å². The van der Waals surface area contributed by atoms with E-state index in [4.69, 9.17) is 0 Å². The Morgan fingerprint density at radius 1 is 0.600 bits per heavy atom. The standard InChI is InChI=1S/C8H4F14O2S/c1-2(25(22,23)24)3(9,10)4(11,12)5(13,14)6(15,16)7(17,18)8(19,20)21/h2H,1H3. The van der Waals surface area contributed by atoms with Crippen LogP contribution in [0, 0.1) is 0 Å². The van der Waals surface area contributed by atoms with Crippen LogP contribution in [0.1, 0.15) is 6.92 Å². The average molecular weight is 430 g/mol. The molecule has 0 fully saturated rings. The zero-order valence-electron chi connectivity index (χ0n) is 11.1. The van der Waals surface area contributed by atoms with E-state index >= 15 is 0 Å². The molecule has 0 aromatic rings. The molecule has 0 saturated heterocycles. The lowest BCUT2D eigenvalue weighted by molar-refractivity contribution is -0.439. The van der Waals surface area contributed by atoms with Crippen molar-refractivity contribution in [1.82, 2.24) is 0 Å². The van der Waals surface area contributed by atoms with E-state index in [0.29, 0.717) is 0 Å². The molecule has 17 heteroatoms. The van der Waals surface area contributed by atoms with Crippen LogP contribution < -0.4 is 0 Å². The molecule has 0 aromatic heterocycles. The van der Waals surface area contributed by atoms with Gasteiger partial charge in [0, 0.05) is 0 Å². The van der Waals surface area contributed by atoms with E-state index in [9.17, 15) is 69.4 Å². The first-order valence-electron chi connectivity index (χ1n) is 5.30. The quantitative estimate of drug-likeness (QED) is 0.462. The first-order chi connectivity index (χ1) is 10.4. The monoisotopic (exact) mass is 430 g/mol. The lowest BCUT2D eigenvalue weighted by atomic mass is 9.93. The van der Waals surface area contributed by atoms with Gasteiger partial charge >= 0.3 is 46.0 Å². The van der Waals surface area contributed by atoms with Crippen molar-refractivity contribution in [3.63, 3.8) is 0 Å². The van der Waals surface area contributed by atoms with Crippen molar-refractivity contribution >= 4 is 10.2 Å². The first kappa shape index (κ1) is 24.0. The second kappa shape index (κ2) is 5.73. The normalized spacial score (nSPS) is 17.6. The highest BCUT2D eigenvalue weighted by Crippen LogP contribution is 2.61. The second-order valence-electron chi connectivity index (χ2n) is 4.54. The van der Waals surface area contributed by atoms with Crippen LogP contribution in [0.25, 0.3) is 0 Å². The molecule has 1 unspecified atom stereocenters. The van der Waals surface area contributed by atoms with Crippen LogP contribution in [0.3, 0.4) is 0 Å². The van der Waals surface area contributed by atoms with Gasteiger partial charge in [0.05, 0.1) is 0 Å². The molecule has 0 aliphatic carbocycles. The van der Waals surface area contributed by atoms with Crippen molar-refractivity contribution in [3.8, 4) is 0 Å². The Balaban J connectivity index is 6.49. The Morgan fingerprint density at radius 3 is 1.12 bits per heavy atom. The van der Waals surface area contributed by atoms with Gasteiger partial charge in [0.15, 0.2) is 5.25 Å². The van der Waals surface area contributed by atoms with Gasteiger partial charge in [-0.15, -0.1) is 3.89 Å². The molecule has 25 heavy (non-hydrogen) atoms. The van der Waals surface area contributed by atoms with Crippen LogP contribution in [0.5, 0.6) is 0 Å². The molecule has 0 rings (SSSR count). The Kier molecular flexibility index (Phi) is 5.50. The third-order valence-corrected chi connectivity index (χ3v) is 4.03. The number of hydrogen-bond donors (Lipinski definition) is 0. The number of halogens is 14. The predicted octanol–water partition coefficient (Wildman–Crippen LogP) is 4.41. The SMILES string of the molecule is CC(C(F)(F)C(F)(F)C(F)(F)C(F)(F)C(F)(F)C(F)(F)F)S(=O)(=O)F. The van der Waals surface area contributed by atoms with Crippen LogP contribution in [-0.2, 0) is 10.2 Å². The topological polar surface area (TPSA) is 34.1 Å². The molecule has 1 atom stereocenters. The number of alkyl halides is 13. The van der Waals surface area contributed by atoms with Gasteiger partial charge in [-0.05, 0) is 6.92 Å². The number of rotatable bonds is 6. The molecular weight excluding hydrogens is 426 g/mol. The summed E-state index contributed by atoms with van der Waals surface area (Å²) in [7, 11) is -6.83. The summed E-state index contributed by atoms with van der Waals surface area (Å²) in [6, 6.07) is 0. The maximum Gasteiger partial charge on any atom is 0.460 e. The maximum atomic E-state index is 13.1. The molecule has 0 aromatic carbocycles. The highest BCUT2D eigenvalue weighted by molar-refractivity contribution is 7.87. The molecule has 0 aliphatic heterocycles. The fraction of sp³-hybridized carbons (Fsp3) is 1.00. The van der Waals surface area contributed by atoms with Gasteiger partial charge in [0.25, 0.3) is 0 Å². The predicted molar refractivity (Wildman–Crippen MR) is 50.3 cm³/mol. The van der Waals surface area contributed by atoms with Crippen molar-refractivity contribution in [2.24, 2.45) is 0 Å². The van der Waals surface area contributed by atoms with E-state index in [-0.39, 0.29) is 0 Å². The average Bonchev–Trinajstić information content (AvgIpc) is 2.34. The zero-order chi connectivity index (χ0) is 21.1. The highest BCUT2D eigenvalue weighted by atomic mass is 32.3. The van der Waals surface area contributed by atoms with Gasteiger partial charge in [-0.25, -0.2) is 0 Å². The molecule has 0 aliphatic rings. The van der Waals surface area contributed by atoms with Crippen molar-refractivity contribution in [1.29, 1.82) is 0 Å². The summed E-state index contributed by atoms with van der Waals surface area (Å²) in [4.78, 5) is 0. The van der Waals surface area contributed by atoms with E-state index in [0.717, 1.165) is 0 Å². The maximum absolute atomic E-state index is 13.1. The molecule has 2 nitrogen and oxygen atoms in total. The van der Waals surface area contributed by atoms with Crippen LogP contribution >= 0.6 is 0 Å². The third-order valence-electron chi connectivity index (χ3n) is 2.89. The third kappa shape index (κ3) is 3.22. The van der Waals surface area contributed by atoms with Crippen molar-refractivity contribution in [2.45, 2.75) is 48.0 Å². The van der Waals surface area contributed by atoms with Gasteiger partial charge in [-0.2, -0.15) is 65.5 Å². The lowest BCUT2D eigenvalue weighted by Gasteiger charge is -2.40. The number of hydrogen-bond acceptors (Lipinski definition) is 2. The largest absolute Gasteiger partial charge is 0.460 e. The summed E-state index contributed by atoms with van der Waals surface area (Å²) in [5, 5.41) is -4.49. The molecule has 0 amide bonds. The van der Waals surface area contributed by atoms with Crippen molar-refractivity contribution < 1.29 is 69.4 Å². The molecule has 0 saturated carbocycles. The molecular formula is C8H4F14O2S. The summed E-state index contributed by atoms with van der Waals surface area (Å²) in [5.41, 5.74) is 0. The minimum Gasteiger partial charge on any atom is -0.198 e. The van der Waals surface area contributed by atoms with Gasteiger partial charge in [0.1, 0.15) is 0 Å². The Morgan fingerprint density at radius 2 is 0.880 bits per heavy atom. The summed E-state index contributed by atoms with van der Waals surface area (Å²) in [6.07, 6.45) is -7.58. The van der Waals surface area contributed by atoms with E-state index < -0.39 is 58.2 Å². The Bertz CT molecular complexity index is 603. The fourth-order valence-electron chi connectivity index (χ4n) is 1.21. The molecule has 0 radical (unpaired) electrons. The second-order valence-corrected chi connectivity index (χ2v) is 6.19. The lowest BCUT2D eigenvalue weighted by Crippen LogP contribution is -2.71. The summed E-state index contributed by atoms with van der Waals surface area (Å²) < 4.78 is 196. The minimum absolute atomic E-state index is 0.723. The molecule has 152 valence electrons.